The number of pyridine rings is 1. The molecule has 0 unspecified atom stereocenters. The zero-order valence-corrected chi connectivity index (χ0v) is 13.9. The Labute approximate surface area is 132 Å². The number of aromatic nitrogens is 1. The second kappa shape index (κ2) is 7.67. The number of sulfonamides is 1. The highest BCUT2D eigenvalue weighted by Crippen LogP contribution is 2.18. The molecule has 0 saturated carbocycles. The van der Waals surface area contributed by atoms with Crippen molar-refractivity contribution in [2.24, 2.45) is 0 Å². The largest absolute Gasteiger partial charge is 0.315 e. The van der Waals surface area contributed by atoms with Crippen molar-refractivity contribution >= 4 is 20.8 Å². The third-order valence-electron chi connectivity index (χ3n) is 3.44. The van der Waals surface area contributed by atoms with Crippen LogP contribution in [0.2, 0.25) is 0 Å². The first kappa shape index (κ1) is 16.9. The number of nitrogens with zero attached hydrogens (tertiary/aromatic N) is 1. The number of benzene rings is 1. The van der Waals surface area contributed by atoms with Crippen molar-refractivity contribution < 1.29 is 8.42 Å². The van der Waals surface area contributed by atoms with Gasteiger partial charge in [-0.2, -0.15) is 0 Å². The first-order chi connectivity index (χ1) is 10.5. The van der Waals surface area contributed by atoms with Gasteiger partial charge in [-0.3, -0.25) is 4.98 Å². The average molecular weight is 321 g/mol. The van der Waals surface area contributed by atoms with Crippen LogP contribution in [0.1, 0.15) is 26.7 Å². The van der Waals surface area contributed by atoms with Gasteiger partial charge in [0.15, 0.2) is 0 Å². The lowest BCUT2D eigenvalue weighted by atomic mass is 10.2. The molecule has 2 N–H and O–H groups in total. The quantitative estimate of drug-likeness (QED) is 0.732. The number of rotatable bonds is 8. The summed E-state index contributed by atoms with van der Waals surface area (Å²) in [6.07, 6.45) is 5.60. The lowest BCUT2D eigenvalue weighted by molar-refractivity contribution is 0.531. The fourth-order valence-corrected chi connectivity index (χ4v) is 3.50. The Morgan fingerprint density at radius 1 is 1.23 bits per heavy atom. The van der Waals surface area contributed by atoms with Crippen molar-refractivity contribution in [3.63, 3.8) is 0 Å². The van der Waals surface area contributed by atoms with Crippen LogP contribution in [0.4, 0.5) is 0 Å². The van der Waals surface area contributed by atoms with E-state index in [1.807, 2.05) is 13.0 Å². The highest BCUT2D eigenvalue weighted by Gasteiger charge is 2.17. The normalized spacial score (nSPS) is 13.4. The first-order valence-corrected chi connectivity index (χ1v) is 9.08. The molecule has 5 nitrogen and oxygen atoms in total. The zero-order chi connectivity index (χ0) is 16.0. The molecule has 0 aliphatic heterocycles. The molecule has 0 spiro atoms. The minimum atomic E-state index is -3.50. The molecule has 0 bridgehead atoms. The maximum Gasteiger partial charge on any atom is 0.240 e. The molecule has 0 aliphatic carbocycles. The van der Waals surface area contributed by atoms with Crippen LogP contribution in [-0.4, -0.2) is 32.5 Å². The van der Waals surface area contributed by atoms with Crippen molar-refractivity contribution in [1.29, 1.82) is 0 Å². The summed E-state index contributed by atoms with van der Waals surface area (Å²) in [4.78, 5) is 4.31. The van der Waals surface area contributed by atoms with Gasteiger partial charge in [-0.15, -0.1) is 0 Å². The molecule has 120 valence electrons. The standard InChI is InChI=1S/C16H23N3O2S/c1-3-4-8-17-11-13(2)19-22(20,21)16-6-5-15-12-18-9-7-14(15)10-16/h5-7,9-10,12-13,17,19H,3-4,8,11H2,1-2H3/t13-/m1/s1. The second-order valence-electron chi connectivity index (χ2n) is 5.46. The fraction of sp³-hybridized carbons (Fsp3) is 0.438. The minimum absolute atomic E-state index is 0.157. The SMILES string of the molecule is CCCCNC[C@@H](C)NS(=O)(=O)c1ccc2cnccc2c1. The predicted molar refractivity (Wildman–Crippen MR) is 89.3 cm³/mol. The summed E-state index contributed by atoms with van der Waals surface area (Å²) in [5, 5.41) is 5.05. The van der Waals surface area contributed by atoms with E-state index in [1.165, 1.54) is 0 Å². The lowest BCUT2D eigenvalue weighted by Crippen LogP contribution is -2.40. The van der Waals surface area contributed by atoms with E-state index in [4.69, 9.17) is 0 Å². The molecule has 2 aromatic rings. The van der Waals surface area contributed by atoms with Gasteiger partial charge in [0.05, 0.1) is 4.90 Å². The maximum atomic E-state index is 12.4. The van der Waals surface area contributed by atoms with Crippen molar-refractivity contribution in [2.45, 2.75) is 37.6 Å². The molecule has 1 heterocycles. The van der Waals surface area contributed by atoms with E-state index < -0.39 is 10.0 Å². The Balaban J connectivity index is 2.05. The Bertz CT molecular complexity index is 716. The van der Waals surface area contributed by atoms with Crippen LogP contribution in [0.15, 0.2) is 41.6 Å². The van der Waals surface area contributed by atoms with E-state index in [0.717, 1.165) is 30.2 Å². The summed E-state index contributed by atoms with van der Waals surface area (Å²) >= 11 is 0. The summed E-state index contributed by atoms with van der Waals surface area (Å²) in [7, 11) is -3.50. The molecule has 22 heavy (non-hydrogen) atoms. The molecule has 1 aromatic heterocycles. The van der Waals surface area contributed by atoms with Gasteiger partial charge in [-0.05, 0) is 43.5 Å². The van der Waals surface area contributed by atoms with Crippen LogP contribution in [0, 0.1) is 0 Å². The molecule has 6 heteroatoms. The number of fused-ring (bicyclic) bond motifs is 1. The molecular formula is C16H23N3O2S. The summed E-state index contributed by atoms with van der Waals surface area (Å²) in [5.74, 6) is 0. The van der Waals surface area contributed by atoms with Gasteiger partial charge >= 0.3 is 0 Å². The van der Waals surface area contributed by atoms with E-state index in [9.17, 15) is 8.42 Å². The number of unbranched alkanes of at least 4 members (excludes halogenated alkanes) is 1. The first-order valence-electron chi connectivity index (χ1n) is 7.60. The van der Waals surface area contributed by atoms with Gasteiger partial charge in [-0.25, -0.2) is 13.1 Å². The van der Waals surface area contributed by atoms with Crippen LogP contribution in [-0.2, 0) is 10.0 Å². The smallest absolute Gasteiger partial charge is 0.240 e. The Hall–Kier alpha value is -1.50. The van der Waals surface area contributed by atoms with Gasteiger partial charge in [0.2, 0.25) is 10.0 Å². The summed E-state index contributed by atoms with van der Waals surface area (Å²) in [6.45, 7) is 5.52. The van der Waals surface area contributed by atoms with E-state index in [1.54, 1.807) is 30.6 Å². The number of nitrogens with one attached hydrogen (secondary N) is 2. The Morgan fingerprint density at radius 2 is 2.05 bits per heavy atom. The third-order valence-corrected chi connectivity index (χ3v) is 5.02. The molecular weight excluding hydrogens is 298 g/mol. The van der Waals surface area contributed by atoms with Gasteiger partial charge in [-0.1, -0.05) is 19.4 Å². The lowest BCUT2D eigenvalue weighted by Gasteiger charge is -2.15. The Kier molecular flexibility index (Phi) is 5.88. The zero-order valence-electron chi connectivity index (χ0n) is 13.0. The monoisotopic (exact) mass is 321 g/mol. The number of hydrogen-bond donors (Lipinski definition) is 2. The van der Waals surface area contributed by atoms with E-state index >= 15 is 0 Å². The molecule has 0 radical (unpaired) electrons. The highest BCUT2D eigenvalue weighted by molar-refractivity contribution is 7.89. The third kappa shape index (κ3) is 4.50. The molecule has 0 aliphatic rings. The van der Waals surface area contributed by atoms with Crippen molar-refractivity contribution in [3.05, 3.63) is 36.7 Å². The summed E-state index contributed by atoms with van der Waals surface area (Å²) < 4.78 is 27.5. The second-order valence-corrected chi connectivity index (χ2v) is 7.18. The Morgan fingerprint density at radius 3 is 2.82 bits per heavy atom. The van der Waals surface area contributed by atoms with Crippen LogP contribution in [0.5, 0.6) is 0 Å². The fourth-order valence-electron chi connectivity index (χ4n) is 2.22. The van der Waals surface area contributed by atoms with Crippen molar-refractivity contribution in [2.75, 3.05) is 13.1 Å². The van der Waals surface area contributed by atoms with Crippen molar-refractivity contribution in [3.8, 4) is 0 Å². The minimum Gasteiger partial charge on any atom is -0.315 e. The topological polar surface area (TPSA) is 71.1 Å². The summed E-state index contributed by atoms with van der Waals surface area (Å²) in [5.41, 5.74) is 0. The summed E-state index contributed by atoms with van der Waals surface area (Å²) in [6, 6.07) is 6.72. The molecule has 0 fully saturated rings. The van der Waals surface area contributed by atoms with E-state index in [-0.39, 0.29) is 10.9 Å². The van der Waals surface area contributed by atoms with Crippen LogP contribution in [0.25, 0.3) is 10.8 Å². The van der Waals surface area contributed by atoms with Crippen LogP contribution in [0.3, 0.4) is 0 Å². The van der Waals surface area contributed by atoms with Gasteiger partial charge in [0.25, 0.3) is 0 Å². The molecule has 1 atom stereocenters. The average Bonchev–Trinajstić information content (AvgIpc) is 2.50. The van der Waals surface area contributed by atoms with Crippen molar-refractivity contribution in [1.82, 2.24) is 15.0 Å². The number of hydrogen-bond acceptors (Lipinski definition) is 4. The van der Waals surface area contributed by atoms with Gasteiger partial charge in [0.1, 0.15) is 0 Å². The van der Waals surface area contributed by atoms with Gasteiger partial charge < -0.3 is 5.32 Å². The highest BCUT2D eigenvalue weighted by atomic mass is 32.2. The molecule has 0 saturated heterocycles. The maximum absolute atomic E-state index is 12.4. The van der Waals surface area contributed by atoms with E-state index in [2.05, 4.69) is 21.9 Å². The molecule has 2 rings (SSSR count). The van der Waals surface area contributed by atoms with Crippen LogP contribution < -0.4 is 10.0 Å². The van der Waals surface area contributed by atoms with Crippen LogP contribution >= 0.6 is 0 Å². The molecule has 0 amide bonds. The molecule has 1 aromatic carbocycles. The van der Waals surface area contributed by atoms with Gasteiger partial charge in [0, 0.05) is 30.4 Å². The predicted octanol–water partition coefficient (Wildman–Crippen LogP) is 2.29. The van der Waals surface area contributed by atoms with E-state index in [0.29, 0.717) is 6.54 Å².